The highest BCUT2D eigenvalue weighted by Gasteiger charge is 2.25. The van der Waals surface area contributed by atoms with E-state index in [4.69, 9.17) is 9.47 Å². The Morgan fingerprint density at radius 3 is 2.62 bits per heavy atom. The number of aromatic nitrogens is 3. The number of rotatable bonds is 7. The molecule has 10 heteroatoms. The second-order valence-electron chi connectivity index (χ2n) is 6.77. The second kappa shape index (κ2) is 8.67. The van der Waals surface area contributed by atoms with Crippen molar-refractivity contribution >= 4 is 21.9 Å². The van der Waals surface area contributed by atoms with Crippen molar-refractivity contribution in [1.82, 2.24) is 18.8 Å². The molecule has 0 spiro atoms. The molecule has 0 aliphatic carbocycles. The zero-order valence-corrected chi connectivity index (χ0v) is 18.5. The van der Waals surface area contributed by atoms with Crippen molar-refractivity contribution in [3.05, 3.63) is 72.9 Å². The first-order valence-electron chi connectivity index (χ1n) is 9.56. The highest BCUT2D eigenvalue weighted by Crippen LogP contribution is 2.30. The van der Waals surface area contributed by atoms with E-state index in [0.29, 0.717) is 17.1 Å². The van der Waals surface area contributed by atoms with Gasteiger partial charge in [-0.1, -0.05) is 6.07 Å². The molecule has 0 fully saturated rings. The second-order valence-corrected chi connectivity index (χ2v) is 8.69. The van der Waals surface area contributed by atoms with Gasteiger partial charge in [0.2, 0.25) is 0 Å². The van der Waals surface area contributed by atoms with E-state index in [1.54, 1.807) is 24.7 Å². The predicted molar refractivity (Wildman–Crippen MR) is 121 cm³/mol. The molecule has 164 valence electrons. The van der Waals surface area contributed by atoms with Crippen LogP contribution < -0.4 is 9.47 Å². The first kappa shape index (κ1) is 21.3. The lowest BCUT2D eigenvalue weighted by Gasteiger charge is -2.16. The molecule has 1 aromatic carbocycles. The van der Waals surface area contributed by atoms with Crippen molar-refractivity contribution in [1.29, 1.82) is 0 Å². The van der Waals surface area contributed by atoms with E-state index in [-0.39, 0.29) is 10.6 Å². The van der Waals surface area contributed by atoms with Crippen LogP contribution in [0, 0.1) is 0 Å². The minimum Gasteiger partial charge on any atom is -0.497 e. The number of hydrogen-bond donors (Lipinski definition) is 0. The smallest absolute Gasteiger partial charge is 0.282 e. The van der Waals surface area contributed by atoms with Crippen LogP contribution in [-0.2, 0) is 10.0 Å². The zero-order chi connectivity index (χ0) is 22.7. The molecule has 3 aromatic heterocycles. The molecule has 0 saturated carbocycles. The maximum Gasteiger partial charge on any atom is 0.282 e. The van der Waals surface area contributed by atoms with Gasteiger partial charge in [0.15, 0.2) is 0 Å². The molecule has 0 unspecified atom stereocenters. The number of imidazole rings is 1. The van der Waals surface area contributed by atoms with Gasteiger partial charge in [-0.25, -0.2) is 4.98 Å². The van der Waals surface area contributed by atoms with Crippen LogP contribution in [0.1, 0.15) is 5.69 Å². The first-order valence-corrected chi connectivity index (χ1v) is 11.0. The molecule has 3 heterocycles. The van der Waals surface area contributed by atoms with Gasteiger partial charge in [0.1, 0.15) is 22.0 Å². The largest absolute Gasteiger partial charge is 0.497 e. The summed E-state index contributed by atoms with van der Waals surface area (Å²) in [7, 11) is 0.245. The van der Waals surface area contributed by atoms with Crippen LogP contribution in [0.3, 0.4) is 0 Å². The molecule has 0 aliphatic heterocycles. The predicted octanol–water partition coefficient (Wildman–Crippen LogP) is 3.07. The minimum atomic E-state index is -3.98. The first-order chi connectivity index (χ1) is 15.4. The Hall–Kier alpha value is -3.92. The molecule has 4 rings (SSSR count). The summed E-state index contributed by atoms with van der Waals surface area (Å²) in [6.07, 6.45) is 8.45. The van der Waals surface area contributed by atoms with Gasteiger partial charge in [-0.2, -0.15) is 17.9 Å². The van der Waals surface area contributed by atoms with E-state index >= 15 is 0 Å². The van der Waals surface area contributed by atoms with Gasteiger partial charge in [0.05, 0.1) is 32.3 Å². The average Bonchev–Trinajstić information content (AvgIpc) is 3.24. The fraction of sp³-hybridized carbons (Fsp3) is 0.136. The monoisotopic (exact) mass is 451 g/mol. The fourth-order valence-electron chi connectivity index (χ4n) is 3.13. The van der Waals surface area contributed by atoms with Gasteiger partial charge >= 0.3 is 0 Å². The van der Waals surface area contributed by atoms with E-state index < -0.39 is 10.0 Å². The summed E-state index contributed by atoms with van der Waals surface area (Å²) in [6.45, 7) is 0. The summed E-state index contributed by atoms with van der Waals surface area (Å²) in [6, 6.07) is 12.2. The molecule has 9 nitrogen and oxygen atoms in total. The van der Waals surface area contributed by atoms with Gasteiger partial charge in [-0.05, 0) is 30.3 Å². The van der Waals surface area contributed by atoms with Crippen LogP contribution in [0.5, 0.6) is 11.5 Å². The van der Waals surface area contributed by atoms with Crippen molar-refractivity contribution in [2.75, 3.05) is 21.3 Å². The maximum absolute atomic E-state index is 13.1. The Bertz CT molecular complexity index is 1380. The third kappa shape index (κ3) is 4.00. The number of hydrazone groups is 1. The number of benzene rings is 1. The van der Waals surface area contributed by atoms with Gasteiger partial charge in [-0.15, -0.1) is 0 Å². The Morgan fingerprint density at radius 1 is 1.06 bits per heavy atom. The maximum atomic E-state index is 13.1. The van der Waals surface area contributed by atoms with Crippen molar-refractivity contribution in [2.45, 2.75) is 4.90 Å². The molecular weight excluding hydrogens is 430 g/mol. The molecule has 32 heavy (non-hydrogen) atoms. The van der Waals surface area contributed by atoms with Crippen molar-refractivity contribution in [3.63, 3.8) is 0 Å². The lowest BCUT2D eigenvalue weighted by atomic mass is 10.1. The number of fused-ring (bicyclic) bond motifs is 1. The average molecular weight is 452 g/mol. The van der Waals surface area contributed by atoms with Crippen LogP contribution in [-0.4, -0.2) is 54.7 Å². The van der Waals surface area contributed by atoms with Crippen molar-refractivity contribution in [3.8, 4) is 22.6 Å². The number of nitrogens with zero attached hydrogens (tertiary/aromatic N) is 5. The van der Waals surface area contributed by atoms with Crippen LogP contribution in [0.4, 0.5) is 0 Å². The molecule has 0 N–H and O–H groups in total. The Labute approximate surface area is 185 Å². The van der Waals surface area contributed by atoms with E-state index in [9.17, 15) is 8.42 Å². The molecule has 0 radical (unpaired) electrons. The molecule has 0 saturated heterocycles. The quantitative estimate of drug-likeness (QED) is 0.316. The zero-order valence-electron chi connectivity index (χ0n) is 17.7. The highest BCUT2D eigenvalue weighted by atomic mass is 32.2. The minimum absolute atomic E-state index is 0.0454. The summed E-state index contributed by atoms with van der Waals surface area (Å²) in [5.74, 6) is 0.593. The van der Waals surface area contributed by atoms with E-state index in [1.165, 1.54) is 39.6 Å². The number of sulfonamides is 1. The number of methoxy groups -OCH3 is 2. The van der Waals surface area contributed by atoms with Crippen LogP contribution >= 0.6 is 0 Å². The van der Waals surface area contributed by atoms with Gasteiger partial charge in [-0.3, -0.25) is 9.38 Å². The molecule has 4 aromatic rings. The van der Waals surface area contributed by atoms with Crippen molar-refractivity contribution in [2.24, 2.45) is 5.10 Å². The SMILES string of the molecule is COc1ccc(OC)c(S(=O)(=O)N(C)N=Cc2cnc3ccc(-c4cccnc4)cn23)c1. The molecule has 0 bridgehead atoms. The van der Waals surface area contributed by atoms with Gasteiger partial charge in [0, 0.05) is 42.8 Å². The lowest BCUT2D eigenvalue weighted by molar-refractivity contribution is 0.389. The summed E-state index contributed by atoms with van der Waals surface area (Å²) in [4.78, 5) is 8.46. The van der Waals surface area contributed by atoms with E-state index in [2.05, 4.69) is 15.1 Å². The van der Waals surface area contributed by atoms with Gasteiger partial charge < -0.3 is 9.47 Å². The summed E-state index contributed by atoms with van der Waals surface area (Å²) < 4.78 is 39.3. The number of ether oxygens (including phenoxy) is 2. The Balaban J connectivity index is 1.67. The van der Waals surface area contributed by atoms with E-state index in [0.717, 1.165) is 15.5 Å². The number of hydrogen-bond acceptors (Lipinski definition) is 7. The fourth-order valence-corrected chi connectivity index (χ4v) is 4.26. The molecule has 0 amide bonds. The van der Waals surface area contributed by atoms with Crippen LogP contribution in [0.15, 0.2) is 77.2 Å². The topological polar surface area (TPSA) is 98.4 Å². The van der Waals surface area contributed by atoms with Crippen LogP contribution in [0.25, 0.3) is 16.8 Å². The third-order valence-corrected chi connectivity index (χ3v) is 6.54. The lowest BCUT2D eigenvalue weighted by Crippen LogP contribution is -2.22. The molecule has 0 aliphatic rings. The highest BCUT2D eigenvalue weighted by molar-refractivity contribution is 7.89. The standard InChI is InChI=1S/C22H21N5O4S/c1-26(32(28,29)21-11-19(30-2)7-8-20(21)31-3)25-14-18-13-24-22-9-6-17(15-27(18)22)16-5-4-10-23-12-16/h4-15H,1-3H3. The normalized spacial score (nSPS) is 11.7. The molecular formula is C22H21N5O4S. The molecule has 0 atom stereocenters. The summed E-state index contributed by atoms with van der Waals surface area (Å²) >= 11 is 0. The number of pyridine rings is 2. The van der Waals surface area contributed by atoms with Crippen molar-refractivity contribution < 1.29 is 17.9 Å². The van der Waals surface area contributed by atoms with Gasteiger partial charge in [0.25, 0.3) is 10.0 Å². The van der Waals surface area contributed by atoms with Crippen LogP contribution in [0.2, 0.25) is 0 Å². The van der Waals surface area contributed by atoms with E-state index in [1.807, 2.05) is 34.9 Å². The summed E-state index contributed by atoms with van der Waals surface area (Å²) in [5.41, 5.74) is 3.22. The Kier molecular flexibility index (Phi) is 5.78. The third-order valence-electron chi connectivity index (χ3n) is 4.88. The Morgan fingerprint density at radius 2 is 1.91 bits per heavy atom. The summed E-state index contributed by atoms with van der Waals surface area (Å²) in [5, 5.41) is 4.15.